The smallest absolute Gasteiger partial charge is 0.358 e. The number of methoxy groups -OCH3 is 1. The van der Waals surface area contributed by atoms with E-state index in [4.69, 9.17) is 16.1 Å². The fourth-order valence-electron chi connectivity index (χ4n) is 1.79. The molecule has 0 aliphatic rings. The number of imidazole rings is 1. The minimum atomic E-state index is -0.470. The maximum Gasteiger partial charge on any atom is 0.358 e. The van der Waals surface area contributed by atoms with Crippen LogP contribution in [0.2, 0.25) is 4.34 Å². The molecule has 21 heavy (non-hydrogen) atoms. The van der Waals surface area contributed by atoms with Crippen molar-refractivity contribution in [3.05, 3.63) is 46.4 Å². The number of ether oxygens (including phenoxy) is 1. The van der Waals surface area contributed by atoms with Gasteiger partial charge in [0.1, 0.15) is 5.69 Å². The van der Waals surface area contributed by atoms with E-state index >= 15 is 0 Å². The van der Waals surface area contributed by atoms with Crippen LogP contribution in [-0.2, 0) is 11.3 Å². The third-order valence-corrected chi connectivity index (χ3v) is 3.99. The van der Waals surface area contributed by atoms with E-state index in [2.05, 4.69) is 14.9 Å². The first-order chi connectivity index (χ1) is 10.2. The Hall–Kier alpha value is -2.12. The molecule has 0 fully saturated rings. The normalized spacial score (nSPS) is 10.8. The average molecular weight is 324 g/mol. The van der Waals surface area contributed by atoms with Gasteiger partial charge in [-0.3, -0.25) is 0 Å². The number of aromatic nitrogens is 3. The second kappa shape index (κ2) is 5.71. The lowest BCUT2D eigenvalue weighted by atomic mass is 10.3. The lowest BCUT2D eigenvalue weighted by Crippen LogP contribution is -2.01. The highest BCUT2D eigenvalue weighted by atomic mass is 35.5. The summed E-state index contributed by atoms with van der Waals surface area (Å²) in [5.41, 5.74) is 0.981. The van der Waals surface area contributed by atoms with Crippen molar-refractivity contribution in [2.75, 3.05) is 7.11 Å². The summed E-state index contributed by atoms with van der Waals surface area (Å²) in [5.74, 6) is 0.193. The first-order valence-electron chi connectivity index (χ1n) is 5.97. The van der Waals surface area contributed by atoms with Crippen LogP contribution in [0.15, 0.2) is 35.2 Å². The van der Waals surface area contributed by atoms with Gasteiger partial charge in [0, 0.05) is 12.3 Å². The molecule has 0 aliphatic carbocycles. The summed E-state index contributed by atoms with van der Waals surface area (Å²) >= 11 is 7.32. The van der Waals surface area contributed by atoms with Crippen molar-refractivity contribution in [3.8, 4) is 10.6 Å². The van der Waals surface area contributed by atoms with Crippen LogP contribution >= 0.6 is 22.9 Å². The molecule has 0 saturated heterocycles. The van der Waals surface area contributed by atoms with Gasteiger partial charge in [-0.25, -0.2) is 9.78 Å². The van der Waals surface area contributed by atoms with Crippen LogP contribution in [0.3, 0.4) is 0 Å². The monoisotopic (exact) mass is 323 g/mol. The highest BCUT2D eigenvalue weighted by Crippen LogP contribution is 2.31. The number of rotatable bonds is 4. The number of carbonyl (C=O) groups excluding carboxylic acids is 1. The summed E-state index contributed by atoms with van der Waals surface area (Å²) in [5, 5.41) is 4.00. The second-order valence-corrected chi connectivity index (χ2v) is 5.92. The van der Waals surface area contributed by atoms with E-state index in [0.717, 1.165) is 10.6 Å². The van der Waals surface area contributed by atoms with E-state index in [-0.39, 0.29) is 5.69 Å². The van der Waals surface area contributed by atoms with Gasteiger partial charge in [-0.15, -0.1) is 11.3 Å². The van der Waals surface area contributed by atoms with Crippen LogP contribution in [0.4, 0.5) is 0 Å². The van der Waals surface area contributed by atoms with Crippen molar-refractivity contribution < 1.29 is 14.1 Å². The SMILES string of the molecule is COC(=O)c1cn(Cc2cc(-c3ccc(Cl)s3)on2)cn1. The van der Waals surface area contributed by atoms with E-state index < -0.39 is 5.97 Å². The molecule has 0 spiro atoms. The lowest BCUT2D eigenvalue weighted by Gasteiger charge is -1.95. The molecule has 0 radical (unpaired) electrons. The van der Waals surface area contributed by atoms with Crippen LogP contribution in [0, 0.1) is 0 Å². The van der Waals surface area contributed by atoms with Crippen molar-refractivity contribution in [3.63, 3.8) is 0 Å². The first-order valence-corrected chi connectivity index (χ1v) is 7.16. The van der Waals surface area contributed by atoms with Gasteiger partial charge >= 0.3 is 5.97 Å². The highest BCUT2D eigenvalue weighted by Gasteiger charge is 2.12. The van der Waals surface area contributed by atoms with Crippen molar-refractivity contribution in [1.82, 2.24) is 14.7 Å². The molecule has 0 bridgehead atoms. The van der Waals surface area contributed by atoms with Crippen LogP contribution < -0.4 is 0 Å². The molecule has 8 heteroatoms. The largest absolute Gasteiger partial charge is 0.464 e. The number of nitrogens with zero attached hydrogens (tertiary/aromatic N) is 3. The van der Waals surface area contributed by atoms with Gasteiger partial charge in [0.15, 0.2) is 11.5 Å². The van der Waals surface area contributed by atoms with E-state index in [9.17, 15) is 4.79 Å². The average Bonchev–Trinajstić information content (AvgIpc) is 3.19. The predicted molar refractivity (Wildman–Crippen MR) is 77.5 cm³/mol. The van der Waals surface area contributed by atoms with E-state index in [0.29, 0.717) is 16.6 Å². The van der Waals surface area contributed by atoms with Crippen LogP contribution in [0.25, 0.3) is 10.6 Å². The van der Waals surface area contributed by atoms with Crippen LogP contribution in [0.1, 0.15) is 16.2 Å². The number of esters is 1. The molecule has 0 unspecified atom stereocenters. The minimum Gasteiger partial charge on any atom is -0.464 e. The van der Waals surface area contributed by atoms with Crippen molar-refractivity contribution in [2.24, 2.45) is 0 Å². The standard InChI is InChI=1S/C13H10ClN3O3S/c1-19-13(18)9-6-17(7-15-9)5-8-4-10(20-16-8)11-2-3-12(14)21-11/h2-4,6-7H,5H2,1H3. The molecule has 0 N–H and O–H groups in total. The molecule has 0 amide bonds. The Balaban J connectivity index is 1.75. The zero-order valence-corrected chi connectivity index (χ0v) is 12.5. The molecular formula is C13H10ClN3O3S. The summed E-state index contributed by atoms with van der Waals surface area (Å²) in [4.78, 5) is 16.2. The van der Waals surface area contributed by atoms with Crippen molar-refractivity contribution in [1.29, 1.82) is 0 Å². The second-order valence-electron chi connectivity index (χ2n) is 4.21. The summed E-state index contributed by atoms with van der Waals surface area (Å²) in [6.45, 7) is 0.451. The number of hydrogen-bond donors (Lipinski definition) is 0. The maximum absolute atomic E-state index is 11.3. The summed E-state index contributed by atoms with van der Waals surface area (Å²) < 4.78 is 12.3. The maximum atomic E-state index is 11.3. The molecule has 0 aromatic carbocycles. The van der Waals surface area contributed by atoms with Gasteiger partial charge in [0.2, 0.25) is 0 Å². The van der Waals surface area contributed by atoms with E-state index in [1.54, 1.807) is 17.1 Å². The molecule has 3 heterocycles. The zero-order valence-electron chi connectivity index (χ0n) is 10.9. The number of hydrogen-bond acceptors (Lipinski definition) is 6. The Morgan fingerprint density at radius 3 is 3.10 bits per heavy atom. The third-order valence-electron chi connectivity index (χ3n) is 2.75. The van der Waals surface area contributed by atoms with Crippen molar-refractivity contribution >= 4 is 28.9 Å². The molecule has 6 nitrogen and oxygen atoms in total. The van der Waals surface area contributed by atoms with E-state index in [1.807, 2.05) is 18.2 Å². The Morgan fingerprint density at radius 1 is 1.52 bits per heavy atom. The Labute approximate surface area is 128 Å². The van der Waals surface area contributed by atoms with Crippen LogP contribution in [-0.4, -0.2) is 27.8 Å². The molecule has 0 atom stereocenters. The molecule has 0 saturated carbocycles. The molecule has 0 aliphatic heterocycles. The Bertz CT molecular complexity index is 777. The number of thiophene rings is 1. The molecule has 3 rings (SSSR count). The summed E-state index contributed by atoms with van der Waals surface area (Å²) in [6, 6.07) is 5.52. The molecule has 108 valence electrons. The van der Waals surface area contributed by atoms with Gasteiger partial charge in [-0.05, 0) is 12.1 Å². The molecular weight excluding hydrogens is 314 g/mol. The van der Waals surface area contributed by atoms with Gasteiger partial charge in [0.25, 0.3) is 0 Å². The number of halogens is 1. The minimum absolute atomic E-state index is 0.256. The first kappa shape index (κ1) is 13.8. The van der Waals surface area contributed by atoms with E-state index in [1.165, 1.54) is 18.4 Å². The highest BCUT2D eigenvalue weighted by molar-refractivity contribution is 7.19. The Morgan fingerprint density at radius 2 is 2.38 bits per heavy atom. The van der Waals surface area contributed by atoms with Gasteiger partial charge in [0.05, 0.1) is 29.2 Å². The molecule has 3 aromatic rings. The van der Waals surface area contributed by atoms with Gasteiger partial charge in [-0.1, -0.05) is 16.8 Å². The summed E-state index contributed by atoms with van der Waals surface area (Å²) in [6.07, 6.45) is 3.14. The predicted octanol–water partition coefficient (Wildman–Crippen LogP) is 3.09. The lowest BCUT2D eigenvalue weighted by molar-refractivity contribution is 0.0594. The molecule has 3 aromatic heterocycles. The fraction of sp³-hybridized carbons (Fsp3) is 0.154. The topological polar surface area (TPSA) is 70.2 Å². The zero-order chi connectivity index (χ0) is 14.8. The fourth-order valence-corrected chi connectivity index (χ4v) is 2.78. The summed E-state index contributed by atoms with van der Waals surface area (Å²) in [7, 11) is 1.32. The number of carbonyl (C=O) groups is 1. The third kappa shape index (κ3) is 2.98. The van der Waals surface area contributed by atoms with Gasteiger partial charge < -0.3 is 13.8 Å². The van der Waals surface area contributed by atoms with Gasteiger partial charge in [-0.2, -0.15) is 0 Å². The Kier molecular flexibility index (Phi) is 3.76. The van der Waals surface area contributed by atoms with Crippen LogP contribution in [0.5, 0.6) is 0 Å². The quantitative estimate of drug-likeness (QED) is 0.690. The van der Waals surface area contributed by atoms with Crippen molar-refractivity contribution in [2.45, 2.75) is 6.54 Å².